The van der Waals surface area contributed by atoms with E-state index in [1.165, 1.54) is 225 Å². The average molecular weight is 881 g/mol. The number of unbranched alkanes of at least 4 members (excludes halogenated alkanes) is 36. The van der Waals surface area contributed by atoms with Crippen molar-refractivity contribution in [3.63, 3.8) is 0 Å². The van der Waals surface area contributed by atoms with Crippen molar-refractivity contribution in [2.24, 2.45) is 0 Å². The summed E-state index contributed by atoms with van der Waals surface area (Å²) in [6.07, 6.45) is 76.9. The molecule has 0 bridgehead atoms. The molecule has 1 amide bonds. The Morgan fingerprint density at radius 2 is 0.683 bits per heavy atom. The Bertz CT molecular complexity index is 1040. The van der Waals surface area contributed by atoms with E-state index in [0.29, 0.717) is 6.42 Å². The number of carbonyl (C=O) groups is 1. The summed E-state index contributed by atoms with van der Waals surface area (Å²) < 4.78 is 0. The molecule has 0 spiro atoms. The van der Waals surface area contributed by atoms with Gasteiger partial charge in [-0.3, -0.25) is 4.79 Å². The number of nitrogens with one attached hydrogen (secondary N) is 1. The van der Waals surface area contributed by atoms with E-state index in [1.54, 1.807) is 6.08 Å². The van der Waals surface area contributed by atoms with E-state index in [9.17, 15) is 15.0 Å². The van der Waals surface area contributed by atoms with Crippen molar-refractivity contribution in [2.45, 2.75) is 302 Å². The summed E-state index contributed by atoms with van der Waals surface area (Å²) in [6.45, 7) is 4.24. The van der Waals surface area contributed by atoms with E-state index >= 15 is 0 Å². The first-order chi connectivity index (χ1) is 31.2. The molecule has 0 saturated heterocycles. The highest BCUT2D eigenvalue weighted by Crippen LogP contribution is 2.17. The third kappa shape index (κ3) is 50.9. The maximum atomic E-state index is 12.4. The highest BCUT2D eigenvalue weighted by atomic mass is 16.3. The molecule has 0 aliphatic heterocycles. The molecule has 0 heterocycles. The van der Waals surface area contributed by atoms with Gasteiger partial charge in [-0.2, -0.15) is 0 Å². The van der Waals surface area contributed by atoms with Crippen LogP contribution < -0.4 is 5.32 Å². The summed E-state index contributed by atoms with van der Waals surface area (Å²) in [6, 6.07) is -0.644. The summed E-state index contributed by atoms with van der Waals surface area (Å²) >= 11 is 0. The Labute approximate surface area is 394 Å². The third-order valence-corrected chi connectivity index (χ3v) is 12.7. The van der Waals surface area contributed by atoms with Crippen molar-refractivity contribution < 1.29 is 15.0 Å². The van der Waals surface area contributed by atoms with Gasteiger partial charge in [0.1, 0.15) is 0 Å². The first-order valence-electron chi connectivity index (χ1n) is 28.0. The van der Waals surface area contributed by atoms with Crippen LogP contribution in [-0.2, 0) is 4.79 Å². The minimum absolute atomic E-state index is 0.0762. The lowest BCUT2D eigenvalue weighted by Gasteiger charge is -2.19. The largest absolute Gasteiger partial charge is 0.394 e. The van der Waals surface area contributed by atoms with E-state index in [2.05, 4.69) is 67.8 Å². The van der Waals surface area contributed by atoms with Crippen LogP contribution in [0.5, 0.6) is 0 Å². The molecule has 2 unspecified atom stereocenters. The van der Waals surface area contributed by atoms with E-state index < -0.39 is 12.1 Å². The second-order valence-electron chi connectivity index (χ2n) is 19.0. The molecule has 0 rings (SSSR count). The smallest absolute Gasteiger partial charge is 0.220 e. The predicted octanol–water partition coefficient (Wildman–Crippen LogP) is 18.4. The van der Waals surface area contributed by atoms with Gasteiger partial charge >= 0.3 is 0 Å². The molecule has 4 nitrogen and oxygen atoms in total. The highest BCUT2D eigenvalue weighted by Gasteiger charge is 2.18. The normalized spacial score (nSPS) is 13.3. The van der Waals surface area contributed by atoms with Crippen LogP contribution in [0, 0.1) is 0 Å². The maximum Gasteiger partial charge on any atom is 0.220 e. The standard InChI is InChI=1S/C59H109NO3/c1-3-5-7-9-11-13-15-17-18-19-20-21-22-23-24-25-26-27-28-29-30-31-32-33-34-35-36-37-38-39-40-41-42-43-45-47-49-51-53-55-59(63)60-57(56-61)58(62)54-52-50-48-46-44-16-14-12-10-8-6-4-2/h10,12,15,17,19-20,44,46,52,54,57-58,61-62H,3-9,11,13-14,16,18,21-43,45,47-51,53,55-56H2,1-2H3,(H,60,63)/b12-10+,17-15-,20-19-,46-44+,54-52+. The molecule has 0 aliphatic carbocycles. The first kappa shape index (κ1) is 61.1. The molecule has 0 aliphatic rings. The summed E-state index contributed by atoms with van der Waals surface area (Å²) in [5.41, 5.74) is 0. The van der Waals surface area contributed by atoms with Crippen LogP contribution in [0.2, 0.25) is 0 Å². The molecule has 3 N–H and O–H groups in total. The lowest BCUT2D eigenvalue weighted by molar-refractivity contribution is -0.123. The van der Waals surface area contributed by atoms with Gasteiger partial charge < -0.3 is 15.5 Å². The van der Waals surface area contributed by atoms with Crippen molar-refractivity contribution in [3.05, 3.63) is 60.8 Å². The van der Waals surface area contributed by atoms with Crippen molar-refractivity contribution >= 4 is 5.91 Å². The molecular weight excluding hydrogens is 771 g/mol. The Morgan fingerprint density at radius 3 is 1.06 bits per heavy atom. The molecule has 4 heteroatoms. The number of aliphatic hydroxyl groups excluding tert-OH is 2. The van der Waals surface area contributed by atoms with Gasteiger partial charge in [-0.05, 0) is 70.6 Å². The zero-order chi connectivity index (χ0) is 45.6. The van der Waals surface area contributed by atoms with Gasteiger partial charge in [0.25, 0.3) is 0 Å². The summed E-state index contributed by atoms with van der Waals surface area (Å²) in [7, 11) is 0. The topological polar surface area (TPSA) is 69.6 Å². The van der Waals surface area contributed by atoms with Gasteiger partial charge in [0, 0.05) is 6.42 Å². The van der Waals surface area contributed by atoms with E-state index in [1.807, 2.05) is 6.08 Å². The Morgan fingerprint density at radius 1 is 0.381 bits per heavy atom. The quantitative estimate of drug-likeness (QED) is 0.0421. The van der Waals surface area contributed by atoms with Crippen molar-refractivity contribution in [1.29, 1.82) is 0 Å². The van der Waals surface area contributed by atoms with E-state index in [4.69, 9.17) is 0 Å². The molecule has 0 fully saturated rings. The minimum Gasteiger partial charge on any atom is -0.394 e. The lowest BCUT2D eigenvalue weighted by Crippen LogP contribution is -2.45. The van der Waals surface area contributed by atoms with Crippen LogP contribution in [0.15, 0.2) is 60.8 Å². The van der Waals surface area contributed by atoms with E-state index in [0.717, 1.165) is 44.9 Å². The highest BCUT2D eigenvalue weighted by molar-refractivity contribution is 5.76. The number of carbonyl (C=O) groups excluding carboxylic acids is 1. The second-order valence-corrected chi connectivity index (χ2v) is 19.0. The van der Waals surface area contributed by atoms with Gasteiger partial charge in [-0.1, -0.05) is 274 Å². The fourth-order valence-corrected chi connectivity index (χ4v) is 8.41. The van der Waals surface area contributed by atoms with Crippen molar-refractivity contribution in [3.8, 4) is 0 Å². The van der Waals surface area contributed by atoms with Crippen LogP contribution in [0.25, 0.3) is 0 Å². The van der Waals surface area contributed by atoms with Crippen molar-refractivity contribution in [1.82, 2.24) is 5.32 Å². The lowest BCUT2D eigenvalue weighted by atomic mass is 10.0. The van der Waals surface area contributed by atoms with E-state index in [-0.39, 0.29) is 12.5 Å². The maximum absolute atomic E-state index is 12.4. The minimum atomic E-state index is -0.868. The molecule has 63 heavy (non-hydrogen) atoms. The average Bonchev–Trinajstić information content (AvgIpc) is 3.29. The second kappa shape index (κ2) is 54.4. The monoisotopic (exact) mass is 880 g/mol. The molecule has 2 atom stereocenters. The molecule has 0 aromatic carbocycles. The summed E-state index contributed by atoms with van der Waals surface area (Å²) in [4.78, 5) is 12.4. The Balaban J connectivity index is 3.39. The summed E-state index contributed by atoms with van der Waals surface area (Å²) in [5.74, 6) is -0.0762. The van der Waals surface area contributed by atoms with Gasteiger partial charge in [0.15, 0.2) is 0 Å². The number of allylic oxidation sites excluding steroid dienone is 9. The zero-order valence-corrected chi connectivity index (χ0v) is 42.3. The third-order valence-electron chi connectivity index (χ3n) is 12.7. The fraction of sp³-hybridized carbons (Fsp3) is 0.814. The van der Waals surface area contributed by atoms with Crippen LogP contribution in [-0.4, -0.2) is 34.9 Å². The molecule has 0 radical (unpaired) electrons. The SMILES string of the molecule is CCCC/C=C/CC/C=C/CC/C=C/C(O)C(CO)NC(=O)CCCCCCCCCCCCCCCCCCCCCCCCCCCCC/C=C\C/C=C\CCCCCCC. The van der Waals surface area contributed by atoms with Crippen molar-refractivity contribution in [2.75, 3.05) is 6.61 Å². The molecular formula is C59H109NO3. The van der Waals surface area contributed by atoms with Crippen LogP contribution in [0.4, 0.5) is 0 Å². The van der Waals surface area contributed by atoms with Gasteiger partial charge in [0.2, 0.25) is 5.91 Å². The summed E-state index contributed by atoms with van der Waals surface area (Å²) in [5, 5.41) is 23.0. The van der Waals surface area contributed by atoms with Gasteiger partial charge in [-0.25, -0.2) is 0 Å². The Hall–Kier alpha value is -1.91. The number of aliphatic hydroxyl groups is 2. The van der Waals surface area contributed by atoms with Crippen LogP contribution >= 0.6 is 0 Å². The van der Waals surface area contributed by atoms with Gasteiger partial charge in [0.05, 0.1) is 18.8 Å². The number of rotatable bonds is 51. The van der Waals surface area contributed by atoms with Crippen LogP contribution in [0.1, 0.15) is 290 Å². The van der Waals surface area contributed by atoms with Gasteiger partial charge in [-0.15, -0.1) is 0 Å². The molecule has 0 saturated carbocycles. The predicted molar refractivity (Wildman–Crippen MR) is 281 cm³/mol. The van der Waals surface area contributed by atoms with Crippen LogP contribution in [0.3, 0.4) is 0 Å². The zero-order valence-electron chi connectivity index (χ0n) is 42.3. The molecule has 0 aromatic heterocycles. The molecule has 0 aromatic rings. The molecule has 368 valence electrons. The number of hydrogen-bond acceptors (Lipinski definition) is 3. The number of amides is 1. The Kier molecular flexibility index (Phi) is 52.8. The number of hydrogen-bond donors (Lipinski definition) is 3. The first-order valence-corrected chi connectivity index (χ1v) is 28.0. The fourth-order valence-electron chi connectivity index (χ4n) is 8.41.